The third-order valence-electron chi connectivity index (χ3n) is 3.42. The molecular formula is C19H26N2O2. The van der Waals surface area contributed by atoms with Crippen LogP contribution in [0.5, 0.6) is 5.75 Å². The van der Waals surface area contributed by atoms with Gasteiger partial charge >= 0.3 is 0 Å². The van der Waals surface area contributed by atoms with E-state index in [0.717, 1.165) is 25.4 Å². The monoisotopic (exact) mass is 314 g/mol. The van der Waals surface area contributed by atoms with Gasteiger partial charge in [0.05, 0.1) is 6.10 Å². The summed E-state index contributed by atoms with van der Waals surface area (Å²) in [5.41, 5.74) is 2.40. The normalized spacial score (nSPS) is 12.1. The molecule has 4 nitrogen and oxygen atoms in total. The first-order valence-electron chi connectivity index (χ1n) is 8.09. The second-order valence-corrected chi connectivity index (χ2v) is 5.65. The Labute approximate surface area is 138 Å². The highest BCUT2D eigenvalue weighted by molar-refractivity contribution is 5.27. The van der Waals surface area contributed by atoms with Gasteiger partial charge in [-0.3, -0.25) is 0 Å². The second kappa shape index (κ2) is 10.0. The molecule has 0 bridgehead atoms. The molecule has 1 atom stereocenters. The van der Waals surface area contributed by atoms with Crippen molar-refractivity contribution in [2.45, 2.75) is 26.2 Å². The Morgan fingerprint density at radius 3 is 2.30 bits per heavy atom. The fourth-order valence-corrected chi connectivity index (χ4v) is 2.16. The van der Waals surface area contributed by atoms with E-state index in [0.29, 0.717) is 13.2 Å². The van der Waals surface area contributed by atoms with Gasteiger partial charge in [-0.2, -0.15) is 0 Å². The van der Waals surface area contributed by atoms with Crippen LogP contribution >= 0.6 is 0 Å². The minimum absolute atomic E-state index is 0.293. The highest BCUT2D eigenvalue weighted by atomic mass is 16.5. The maximum Gasteiger partial charge on any atom is 0.119 e. The molecule has 3 N–H and O–H groups in total. The van der Waals surface area contributed by atoms with E-state index in [1.807, 2.05) is 30.3 Å². The minimum atomic E-state index is -0.293. The van der Waals surface area contributed by atoms with Crippen molar-refractivity contribution in [3.8, 4) is 5.75 Å². The molecule has 0 aliphatic rings. The molecule has 0 aromatic heterocycles. The van der Waals surface area contributed by atoms with Crippen molar-refractivity contribution in [3.05, 3.63) is 65.7 Å². The van der Waals surface area contributed by atoms with Crippen LogP contribution in [-0.4, -0.2) is 30.8 Å². The first-order valence-corrected chi connectivity index (χ1v) is 8.09. The van der Waals surface area contributed by atoms with Crippen molar-refractivity contribution in [1.29, 1.82) is 0 Å². The summed E-state index contributed by atoms with van der Waals surface area (Å²) in [5, 5.41) is 15.7. The molecular weight excluding hydrogens is 288 g/mol. The zero-order chi connectivity index (χ0) is 16.3. The summed E-state index contributed by atoms with van der Waals surface area (Å²) in [5.74, 6) is 0.885. The summed E-state index contributed by atoms with van der Waals surface area (Å²) in [6.45, 7) is 5.56. The van der Waals surface area contributed by atoms with Crippen LogP contribution in [0, 0.1) is 0 Å². The minimum Gasteiger partial charge on any atom is -0.489 e. The number of aliphatic hydroxyl groups is 1. The van der Waals surface area contributed by atoms with Gasteiger partial charge in [0, 0.05) is 26.2 Å². The van der Waals surface area contributed by atoms with E-state index in [-0.39, 0.29) is 6.10 Å². The predicted molar refractivity (Wildman–Crippen MR) is 93.5 cm³/mol. The molecule has 0 spiro atoms. The van der Waals surface area contributed by atoms with Gasteiger partial charge in [-0.25, -0.2) is 0 Å². The zero-order valence-corrected chi connectivity index (χ0v) is 13.7. The third-order valence-corrected chi connectivity index (χ3v) is 3.42. The lowest BCUT2D eigenvalue weighted by Gasteiger charge is -2.09. The number of hydrogen-bond donors (Lipinski definition) is 3. The molecule has 0 saturated heterocycles. The standard InChI is InChI=1S/C19H26N2O2/c1-16(22)13-20-11-12-21-14-17-7-9-19(10-8-17)23-15-18-5-3-2-4-6-18/h2-10,16,20-22H,11-15H2,1H3. The van der Waals surface area contributed by atoms with Gasteiger partial charge in [0.25, 0.3) is 0 Å². The van der Waals surface area contributed by atoms with Crippen LogP contribution in [0.2, 0.25) is 0 Å². The lowest BCUT2D eigenvalue weighted by Crippen LogP contribution is -2.31. The maximum absolute atomic E-state index is 9.13. The third kappa shape index (κ3) is 7.28. The van der Waals surface area contributed by atoms with Gasteiger partial charge in [0.15, 0.2) is 0 Å². The number of ether oxygens (including phenoxy) is 1. The molecule has 0 fully saturated rings. The van der Waals surface area contributed by atoms with E-state index >= 15 is 0 Å². The van der Waals surface area contributed by atoms with Crippen LogP contribution in [0.15, 0.2) is 54.6 Å². The van der Waals surface area contributed by atoms with Gasteiger partial charge in [0.1, 0.15) is 12.4 Å². The van der Waals surface area contributed by atoms with Gasteiger partial charge in [0.2, 0.25) is 0 Å². The number of aliphatic hydroxyl groups excluding tert-OH is 1. The lowest BCUT2D eigenvalue weighted by atomic mass is 10.2. The summed E-state index contributed by atoms with van der Waals surface area (Å²) in [7, 11) is 0. The summed E-state index contributed by atoms with van der Waals surface area (Å²) < 4.78 is 5.77. The Bertz CT molecular complexity index is 541. The van der Waals surface area contributed by atoms with Crippen LogP contribution in [0.1, 0.15) is 18.1 Å². The molecule has 0 aliphatic heterocycles. The molecule has 0 heterocycles. The summed E-state index contributed by atoms with van der Waals surface area (Å²) in [6.07, 6.45) is -0.293. The van der Waals surface area contributed by atoms with E-state index in [1.54, 1.807) is 6.92 Å². The number of hydrogen-bond acceptors (Lipinski definition) is 4. The van der Waals surface area contributed by atoms with E-state index in [1.165, 1.54) is 11.1 Å². The van der Waals surface area contributed by atoms with Crippen LogP contribution in [0.25, 0.3) is 0 Å². The highest BCUT2D eigenvalue weighted by Gasteiger charge is 1.98. The molecule has 2 aromatic rings. The zero-order valence-electron chi connectivity index (χ0n) is 13.7. The molecule has 2 rings (SSSR count). The van der Waals surface area contributed by atoms with Crippen LogP contribution in [-0.2, 0) is 13.2 Å². The smallest absolute Gasteiger partial charge is 0.119 e. The van der Waals surface area contributed by atoms with Gasteiger partial charge in [-0.05, 0) is 30.2 Å². The Kier molecular flexibility index (Phi) is 7.60. The first-order chi connectivity index (χ1) is 11.2. The molecule has 2 aromatic carbocycles. The molecule has 0 radical (unpaired) electrons. The van der Waals surface area contributed by atoms with Gasteiger partial charge in [-0.15, -0.1) is 0 Å². The largest absolute Gasteiger partial charge is 0.489 e. The average molecular weight is 314 g/mol. The van der Waals surface area contributed by atoms with Crippen molar-refractivity contribution >= 4 is 0 Å². The van der Waals surface area contributed by atoms with Crippen molar-refractivity contribution in [1.82, 2.24) is 10.6 Å². The summed E-state index contributed by atoms with van der Waals surface area (Å²) in [6, 6.07) is 18.3. The first kappa shape index (κ1) is 17.5. The van der Waals surface area contributed by atoms with Crippen molar-refractivity contribution in [2.24, 2.45) is 0 Å². The molecule has 0 saturated carbocycles. The van der Waals surface area contributed by atoms with E-state index in [2.05, 4.69) is 34.9 Å². The summed E-state index contributed by atoms with van der Waals surface area (Å²) >= 11 is 0. The fraction of sp³-hybridized carbons (Fsp3) is 0.368. The van der Waals surface area contributed by atoms with Crippen molar-refractivity contribution in [2.75, 3.05) is 19.6 Å². The van der Waals surface area contributed by atoms with Crippen molar-refractivity contribution in [3.63, 3.8) is 0 Å². The Morgan fingerprint density at radius 1 is 0.913 bits per heavy atom. The molecule has 0 amide bonds. The molecule has 124 valence electrons. The molecule has 4 heteroatoms. The quantitative estimate of drug-likeness (QED) is 0.589. The maximum atomic E-state index is 9.13. The predicted octanol–water partition coefficient (Wildman–Crippen LogP) is 2.33. The van der Waals surface area contributed by atoms with Gasteiger partial charge in [-0.1, -0.05) is 42.5 Å². The van der Waals surface area contributed by atoms with E-state index < -0.39 is 0 Å². The molecule has 0 aliphatic carbocycles. The Hall–Kier alpha value is -1.88. The van der Waals surface area contributed by atoms with E-state index in [9.17, 15) is 0 Å². The topological polar surface area (TPSA) is 53.5 Å². The number of benzene rings is 2. The molecule has 1 unspecified atom stereocenters. The SMILES string of the molecule is CC(O)CNCCNCc1ccc(OCc2ccccc2)cc1. The van der Waals surface area contributed by atoms with Gasteiger partial charge < -0.3 is 20.5 Å². The Balaban J connectivity index is 1.64. The number of rotatable bonds is 10. The summed E-state index contributed by atoms with van der Waals surface area (Å²) in [4.78, 5) is 0. The second-order valence-electron chi connectivity index (χ2n) is 5.65. The fourth-order valence-electron chi connectivity index (χ4n) is 2.16. The van der Waals surface area contributed by atoms with Crippen LogP contribution < -0.4 is 15.4 Å². The average Bonchev–Trinajstić information content (AvgIpc) is 2.58. The number of nitrogens with one attached hydrogen (secondary N) is 2. The highest BCUT2D eigenvalue weighted by Crippen LogP contribution is 2.14. The van der Waals surface area contributed by atoms with Crippen LogP contribution in [0.3, 0.4) is 0 Å². The van der Waals surface area contributed by atoms with E-state index in [4.69, 9.17) is 9.84 Å². The van der Waals surface area contributed by atoms with Crippen molar-refractivity contribution < 1.29 is 9.84 Å². The lowest BCUT2D eigenvalue weighted by molar-refractivity contribution is 0.191. The molecule has 23 heavy (non-hydrogen) atoms. The van der Waals surface area contributed by atoms with Crippen LogP contribution in [0.4, 0.5) is 0 Å². The Morgan fingerprint density at radius 2 is 1.61 bits per heavy atom.